The molecule has 0 aliphatic carbocycles. The monoisotopic (exact) mass is 206 g/mol. The van der Waals surface area contributed by atoms with Crippen LogP contribution >= 0.6 is 15.9 Å². The van der Waals surface area contributed by atoms with Gasteiger partial charge in [0.15, 0.2) is 0 Å². The largest absolute Gasteiger partial charge is 0.0915 e. The van der Waals surface area contributed by atoms with Gasteiger partial charge in [-0.3, -0.25) is 0 Å². The predicted molar refractivity (Wildman–Crippen MR) is 50.9 cm³/mol. The first-order chi connectivity index (χ1) is 4.02. The number of alkyl halides is 1. The summed E-state index contributed by atoms with van der Waals surface area (Å²) in [5.74, 6) is 0. The number of hydrogen-bond donors (Lipinski definition) is 0. The minimum atomic E-state index is -0.972. The van der Waals surface area contributed by atoms with Crippen molar-refractivity contribution >= 4 is 24.0 Å². The van der Waals surface area contributed by atoms with Gasteiger partial charge in [0.2, 0.25) is 0 Å². The molecule has 0 N–H and O–H groups in total. The molecule has 0 fully saturated rings. The highest BCUT2D eigenvalue weighted by Gasteiger charge is 2.16. The van der Waals surface area contributed by atoms with Gasteiger partial charge in [-0.05, 0) is 6.92 Å². The number of rotatable bonds is 2. The number of hydrogen-bond acceptors (Lipinski definition) is 0. The highest BCUT2D eigenvalue weighted by molar-refractivity contribution is 9.09. The molecule has 0 amide bonds. The van der Waals surface area contributed by atoms with Crippen molar-refractivity contribution in [3.8, 4) is 0 Å². The van der Waals surface area contributed by atoms with Crippen molar-refractivity contribution in [1.82, 2.24) is 0 Å². The van der Waals surface area contributed by atoms with Crippen LogP contribution in [0.25, 0.3) is 0 Å². The van der Waals surface area contributed by atoms with Crippen LogP contribution in [0.4, 0.5) is 0 Å². The van der Waals surface area contributed by atoms with Crippen molar-refractivity contribution in [2.24, 2.45) is 0 Å². The van der Waals surface area contributed by atoms with E-state index in [0.29, 0.717) is 0 Å². The van der Waals surface area contributed by atoms with Crippen molar-refractivity contribution in [3.63, 3.8) is 0 Å². The van der Waals surface area contributed by atoms with Crippen LogP contribution in [-0.4, -0.2) is 13.4 Å². The average molecular weight is 207 g/mol. The number of halogens is 1. The first-order valence-electron chi connectivity index (χ1n) is 3.24. The van der Waals surface area contributed by atoms with E-state index >= 15 is 0 Å². The SMILES string of the molecule is C/C=C(\CBr)[Si](C)(C)C. The maximum absolute atomic E-state index is 3.48. The van der Waals surface area contributed by atoms with Gasteiger partial charge in [0, 0.05) is 5.33 Å². The normalized spacial score (nSPS) is 14.1. The Kier molecular flexibility index (Phi) is 3.74. The Morgan fingerprint density at radius 3 is 1.89 bits per heavy atom. The summed E-state index contributed by atoms with van der Waals surface area (Å²) in [6, 6.07) is 0. The molecule has 0 unspecified atom stereocenters. The molecular formula is C7H15BrSi. The molecule has 0 aromatic rings. The van der Waals surface area contributed by atoms with Crippen molar-refractivity contribution in [3.05, 3.63) is 11.3 Å². The molecule has 0 heterocycles. The lowest BCUT2D eigenvalue weighted by Gasteiger charge is -2.17. The molecule has 0 nitrogen and oxygen atoms in total. The Hall–Kier alpha value is 0.437. The molecular weight excluding hydrogens is 192 g/mol. The van der Waals surface area contributed by atoms with Crippen LogP contribution in [0.15, 0.2) is 11.3 Å². The molecule has 9 heavy (non-hydrogen) atoms. The van der Waals surface area contributed by atoms with Gasteiger partial charge in [-0.2, -0.15) is 0 Å². The first kappa shape index (κ1) is 9.44. The van der Waals surface area contributed by atoms with E-state index in [0.717, 1.165) is 5.33 Å². The molecule has 0 aliphatic rings. The topological polar surface area (TPSA) is 0 Å². The van der Waals surface area contributed by atoms with E-state index in [1.165, 1.54) is 0 Å². The Morgan fingerprint density at radius 1 is 1.44 bits per heavy atom. The highest BCUT2D eigenvalue weighted by atomic mass is 79.9. The van der Waals surface area contributed by atoms with Crippen molar-refractivity contribution < 1.29 is 0 Å². The third-order valence-corrected chi connectivity index (χ3v) is 4.97. The molecule has 54 valence electrons. The van der Waals surface area contributed by atoms with Crippen molar-refractivity contribution in [2.75, 3.05) is 5.33 Å². The van der Waals surface area contributed by atoms with Gasteiger partial charge in [0.05, 0.1) is 8.07 Å². The fourth-order valence-corrected chi connectivity index (χ4v) is 4.82. The molecule has 0 bridgehead atoms. The minimum Gasteiger partial charge on any atom is -0.0915 e. The zero-order chi connectivity index (χ0) is 7.49. The third kappa shape index (κ3) is 3.21. The van der Waals surface area contributed by atoms with E-state index in [4.69, 9.17) is 0 Å². The molecule has 0 aromatic carbocycles. The number of allylic oxidation sites excluding steroid dienone is 2. The van der Waals surface area contributed by atoms with E-state index in [-0.39, 0.29) is 0 Å². The molecule has 0 rings (SSSR count). The molecule has 0 spiro atoms. The summed E-state index contributed by atoms with van der Waals surface area (Å²) in [5, 5.41) is 2.65. The lowest BCUT2D eigenvalue weighted by atomic mass is 10.6. The first-order valence-corrected chi connectivity index (χ1v) is 7.86. The molecule has 0 saturated heterocycles. The summed E-state index contributed by atoms with van der Waals surface area (Å²) < 4.78 is 0. The molecule has 0 aromatic heterocycles. The smallest absolute Gasteiger partial charge is 0.0731 e. The summed E-state index contributed by atoms with van der Waals surface area (Å²) in [5.41, 5.74) is 0. The summed E-state index contributed by atoms with van der Waals surface area (Å²) in [4.78, 5) is 0. The van der Waals surface area contributed by atoms with Gasteiger partial charge in [-0.15, -0.1) is 0 Å². The molecule has 0 radical (unpaired) electrons. The zero-order valence-electron chi connectivity index (χ0n) is 6.66. The van der Waals surface area contributed by atoms with Crippen LogP contribution in [0.1, 0.15) is 6.92 Å². The summed E-state index contributed by atoms with van der Waals surface area (Å²) in [6.45, 7) is 9.21. The zero-order valence-corrected chi connectivity index (χ0v) is 9.25. The maximum Gasteiger partial charge on any atom is 0.0731 e. The summed E-state index contributed by atoms with van der Waals surface area (Å²) >= 11 is 3.48. The van der Waals surface area contributed by atoms with Gasteiger partial charge in [0.25, 0.3) is 0 Å². The Balaban J connectivity index is 4.14. The van der Waals surface area contributed by atoms with E-state index < -0.39 is 8.07 Å². The molecule has 2 heteroatoms. The average Bonchev–Trinajstić information content (AvgIpc) is 1.65. The quantitative estimate of drug-likeness (QED) is 0.481. The van der Waals surface area contributed by atoms with Crippen molar-refractivity contribution in [2.45, 2.75) is 26.6 Å². The standard InChI is InChI=1S/C7H15BrSi/c1-5-7(6-8)9(2,3)4/h5H,6H2,1-4H3/b7-5+. The minimum absolute atomic E-state index is 0.972. The Morgan fingerprint density at radius 2 is 1.89 bits per heavy atom. The van der Waals surface area contributed by atoms with Gasteiger partial charge in [-0.25, -0.2) is 0 Å². The molecule has 0 saturated carbocycles. The van der Waals surface area contributed by atoms with Crippen LogP contribution in [0, 0.1) is 0 Å². The van der Waals surface area contributed by atoms with E-state index in [1.807, 2.05) is 0 Å². The van der Waals surface area contributed by atoms with Gasteiger partial charge in [-0.1, -0.05) is 46.8 Å². The second-order valence-corrected chi connectivity index (χ2v) is 8.90. The predicted octanol–water partition coefficient (Wildman–Crippen LogP) is 3.21. The fourth-order valence-electron chi connectivity index (χ4n) is 0.711. The Labute approximate surface area is 67.5 Å². The summed E-state index contributed by atoms with van der Waals surface area (Å²) in [6.07, 6.45) is 2.24. The van der Waals surface area contributed by atoms with Gasteiger partial charge < -0.3 is 0 Å². The lowest BCUT2D eigenvalue weighted by Crippen LogP contribution is -2.24. The maximum atomic E-state index is 3.48. The van der Waals surface area contributed by atoms with Crippen LogP contribution < -0.4 is 0 Å². The molecule has 0 atom stereocenters. The van der Waals surface area contributed by atoms with E-state index in [1.54, 1.807) is 5.20 Å². The van der Waals surface area contributed by atoms with Gasteiger partial charge in [0.1, 0.15) is 0 Å². The van der Waals surface area contributed by atoms with Crippen LogP contribution in [0.5, 0.6) is 0 Å². The second kappa shape index (κ2) is 3.57. The van der Waals surface area contributed by atoms with Gasteiger partial charge >= 0.3 is 0 Å². The Bertz CT molecular complexity index is 111. The van der Waals surface area contributed by atoms with Crippen LogP contribution in [0.2, 0.25) is 19.6 Å². The highest BCUT2D eigenvalue weighted by Crippen LogP contribution is 2.15. The van der Waals surface area contributed by atoms with Crippen LogP contribution in [0.3, 0.4) is 0 Å². The van der Waals surface area contributed by atoms with Crippen LogP contribution in [-0.2, 0) is 0 Å². The molecule has 0 aliphatic heterocycles. The lowest BCUT2D eigenvalue weighted by molar-refractivity contribution is 1.51. The fraction of sp³-hybridized carbons (Fsp3) is 0.714. The second-order valence-electron chi connectivity index (χ2n) is 3.20. The van der Waals surface area contributed by atoms with E-state index in [2.05, 4.69) is 48.6 Å². The summed E-state index contributed by atoms with van der Waals surface area (Å²) in [7, 11) is -0.972. The van der Waals surface area contributed by atoms with Crippen molar-refractivity contribution in [1.29, 1.82) is 0 Å². The third-order valence-electron chi connectivity index (χ3n) is 1.46. The van der Waals surface area contributed by atoms with E-state index in [9.17, 15) is 0 Å².